The molecule has 0 spiro atoms. The van der Waals surface area contributed by atoms with Gasteiger partial charge in [0.25, 0.3) is 0 Å². The predicted molar refractivity (Wildman–Crippen MR) is 101 cm³/mol. The van der Waals surface area contributed by atoms with Crippen LogP contribution in [0, 0.1) is 13.8 Å². The predicted octanol–water partition coefficient (Wildman–Crippen LogP) is 3.67. The highest BCUT2D eigenvalue weighted by Crippen LogP contribution is 2.21. The molecule has 0 fully saturated rings. The molecule has 1 unspecified atom stereocenters. The van der Waals surface area contributed by atoms with Crippen LogP contribution in [0.4, 0.5) is 0 Å². The van der Waals surface area contributed by atoms with Gasteiger partial charge in [-0.3, -0.25) is 9.36 Å². The molecule has 26 heavy (non-hydrogen) atoms. The van der Waals surface area contributed by atoms with Gasteiger partial charge < -0.3 is 4.52 Å². The van der Waals surface area contributed by atoms with Crippen molar-refractivity contribution in [1.82, 2.24) is 24.7 Å². The van der Waals surface area contributed by atoms with Gasteiger partial charge in [-0.25, -0.2) is 0 Å². The Morgan fingerprint density at radius 1 is 0.962 bits per heavy atom. The Balaban J connectivity index is 1.50. The summed E-state index contributed by atoms with van der Waals surface area (Å²) >= 11 is 0. The third-order valence-corrected chi connectivity index (χ3v) is 4.98. The van der Waals surface area contributed by atoms with E-state index < -0.39 is 0 Å². The number of rotatable bonds is 8. The van der Waals surface area contributed by atoms with Crippen LogP contribution in [0.1, 0.15) is 59.9 Å². The molecular formula is C20H29N5O. The molecule has 0 aliphatic carbocycles. The number of nitrogens with zero attached hydrogens (tertiary/aromatic N) is 5. The smallest absolute Gasteiger partial charge is 0.133 e. The minimum absolute atomic E-state index is 0.420. The van der Waals surface area contributed by atoms with E-state index in [9.17, 15) is 0 Å². The molecule has 0 aliphatic rings. The van der Waals surface area contributed by atoms with Gasteiger partial charge in [-0.2, -0.15) is 10.2 Å². The monoisotopic (exact) mass is 355 g/mol. The van der Waals surface area contributed by atoms with Crippen LogP contribution in [0.3, 0.4) is 0 Å². The molecule has 3 rings (SSSR count). The van der Waals surface area contributed by atoms with E-state index >= 15 is 0 Å². The number of hydrogen-bond acceptors (Lipinski definition) is 4. The maximum Gasteiger partial charge on any atom is 0.133 e. The molecule has 0 bridgehead atoms. The van der Waals surface area contributed by atoms with Gasteiger partial charge in [-0.15, -0.1) is 0 Å². The molecule has 6 nitrogen and oxygen atoms in total. The largest absolute Gasteiger partial charge is 0.361 e. The summed E-state index contributed by atoms with van der Waals surface area (Å²) in [6, 6.07) is 6.43. The van der Waals surface area contributed by atoms with Gasteiger partial charge in [0, 0.05) is 37.5 Å². The van der Waals surface area contributed by atoms with Crippen LogP contribution < -0.4 is 0 Å². The summed E-state index contributed by atoms with van der Waals surface area (Å²) < 4.78 is 9.16. The van der Waals surface area contributed by atoms with Gasteiger partial charge in [0.15, 0.2) is 0 Å². The zero-order valence-corrected chi connectivity index (χ0v) is 16.5. The van der Waals surface area contributed by atoms with E-state index in [1.165, 1.54) is 17.1 Å². The maximum atomic E-state index is 5.17. The van der Waals surface area contributed by atoms with Gasteiger partial charge in [-0.05, 0) is 58.1 Å². The van der Waals surface area contributed by atoms with Gasteiger partial charge >= 0.3 is 0 Å². The second-order valence-electron chi connectivity index (χ2n) is 7.31. The second-order valence-corrected chi connectivity index (χ2v) is 7.31. The van der Waals surface area contributed by atoms with Crippen LogP contribution in [-0.2, 0) is 33.4 Å². The summed E-state index contributed by atoms with van der Waals surface area (Å²) in [6.07, 6.45) is 5.16. The van der Waals surface area contributed by atoms with Crippen molar-refractivity contribution in [3.8, 4) is 0 Å². The van der Waals surface area contributed by atoms with Gasteiger partial charge in [0.2, 0.25) is 0 Å². The van der Waals surface area contributed by atoms with Crippen molar-refractivity contribution in [2.75, 3.05) is 0 Å². The number of hydrogen-bond donors (Lipinski definition) is 0. The SMILES string of the molecule is Cc1cc(CCc2cc(CCCC(C)c3cc(C)on3)nn2C)n(C)n1. The summed E-state index contributed by atoms with van der Waals surface area (Å²) in [5.74, 6) is 1.30. The second kappa shape index (κ2) is 7.89. The van der Waals surface area contributed by atoms with E-state index in [4.69, 9.17) is 4.52 Å². The first-order valence-corrected chi connectivity index (χ1v) is 9.37. The van der Waals surface area contributed by atoms with Crippen LogP contribution in [0.2, 0.25) is 0 Å². The lowest BCUT2D eigenvalue weighted by Crippen LogP contribution is -2.04. The maximum absolute atomic E-state index is 5.17. The topological polar surface area (TPSA) is 61.7 Å². The lowest BCUT2D eigenvalue weighted by Gasteiger charge is -2.06. The lowest BCUT2D eigenvalue weighted by molar-refractivity contribution is 0.384. The fourth-order valence-corrected chi connectivity index (χ4v) is 3.44. The molecular weight excluding hydrogens is 326 g/mol. The lowest BCUT2D eigenvalue weighted by atomic mass is 9.99. The summed E-state index contributed by atoms with van der Waals surface area (Å²) in [7, 11) is 4.04. The van der Waals surface area contributed by atoms with E-state index in [2.05, 4.69) is 34.4 Å². The fourth-order valence-electron chi connectivity index (χ4n) is 3.44. The first-order valence-electron chi connectivity index (χ1n) is 9.37. The van der Waals surface area contributed by atoms with Crippen molar-refractivity contribution in [3.63, 3.8) is 0 Å². The van der Waals surface area contributed by atoms with Crippen molar-refractivity contribution < 1.29 is 4.52 Å². The normalized spacial score (nSPS) is 12.7. The van der Waals surface area contributed by atoms with E-state index in [1.54, 1.807) is 0 Å². The third kappa shape index (κ3) is 4.42. The molecule has 0 radical (unpaired) electrons. The van der Waals surface area contributed by atoms with Crippen molar-refractivity contribution in [3.05, 3.63) is 52.4 Å². The molecule has 0 saturated carbocycles. The van der Waals surface area contributed by atoms with Crippen molar-refractivity contribution in [2.45, 2.75) is 58.8 Å². The molecule has 3 aromatic rings. The Hall–Kier alpha value is -2.37. The minimum atomic E-state index is 0.420. The molecule has 3 heterocycles. The van der Waals surface area contributed by atoms with E-state index in [0.29, 0.717) is 5.92 Å². The molecule has 0 N–H and O–H groups in total. The summed E-state index contributed by atoms with van der Waals surface area (Å²) in [5.41, 5.74) is 5.84. The molecule has 3 aromatic heterocycles. The van der Waals surface area contributed by atoms with Gasteiger partial charge in [0.1, 0.15) is 5.76 Å². The highest BCUT2D eigenvalue weighted by atomic mass is 16.5. The van der Waals surface area contributed by atoms with Crippen LogP contribution in [0.5, 0.6) is 0 Å². The van der Waals surface area contributed by atoms with E-state index in [-0.39, 0.29) is 0 Å². The minimum Gasteiger partial charge on any atom is -0.361 e. The standard InChI is InChI=1S/C20H29N5O/c1-14(20-12-16(3)26-23-20)7-6-8-17-13-19(25(5)22-17)10-9-18-11-15(2)21-24(18)4/h11-14H,6-10H2,1-5H3. The quantitative estimate of drug-likeness (QED) is 0.618. The Kier molecular flexibility index (Phi) is 5.59. The van der Waals surface area contributed by atoms with Crippen LogP contribution in [-0.4, -0.2) is 24.7 Å². The van der Waals surface area contributed by atoms with Crippen LogP contribution >= 0.6 is 0 Å². The number of aromatic nitrogens is 5. The molecule has 0 saturated heterocycles. The van der Waals surface area contributed by atoms with Crippen molar-refractivity contribution in [1.29, 1.82) is 0 Å². The number of aryl methyl sites for hydroxylation is 7. The Morgan fingerprint density at radius 3 is 2.27 bits per heavy atom. The highest BCUT2D eigenvalue weighted by molar-refractivity contribution is 5.15. The third-order valence-electron chi connectivity index (χ3n) is 4.98. The van der Waals surface area contributed by atoms with E-state index in [1.807, 2.05) is 43.4 Å². The highest BCUT2D eigenvalue weighted by Gasteiger charge is 2.12. The summed E-state index contributed by atoms with van der Waals surface area (Å²) in [5, 5.41) is 13.2. The Labute approximate surface area is 155 Å². The van der Waals surface area contributed by atoms with Crippen molar-refractivity contribution in [2.24, 2.45) is 14.1 Å². The zero-order valence-electron chi connectivity index (χ0n) is 16.5. The molecule has 1 atom stereocenters. The van der Waals surface area contributed by atoms with Crippen molar-refractivity contribution >= 4 is 0 Å². The van der Waals surface area contributed by atoms with Crippen LogP contribution in [0.15, 0.2) is 22.7 Å². The van der Waals surface area contributed by atoms with Gasteiger partial charge in [0.05, 0.1) is 17.1 Å². The first kappa shape index (κ1) is 18.4. The summed E-state index contributed by atoms with van der Waals surface area (Å²) in [6.45, 7) is 6.18. The summed E-state index contributed by atoms with van der Waals surface area (Å²) in [4.78, 5) is 0. The molecule has 0 aliphatic heterocycles. The molecule has 6 heteroatoms. The first-order chi connectivity index (χ1) is 12.4. The molecule has 0 amide bonds. The van der Waals surface area contributed by atoms with E-state index in [0.717, 1.165) is 49.3 Å². The average Bonchev–Trinajstić information content (AvgIpc) is 3.25. The molecule has 140 valence electrons. The Bertz CT molecular complexity index is 858. The average molecular weight is 355 g/mol. The fraction of sp³-hybridized carbons (Fsp3) is 0.550. The van der Waals surface area contributed by atoms with Crippen LogP contribution in [0.25, 0.3) is 0 Å². The zero-order chi connectivity index (χ0) is 18.7. The molecule has 0 aromatic carbocycles. The Morgan fingerprint density at radius 2 is 1.65 bits per heavy atom. The van der Waals surface area contributed by atoms with Gasteiger partial charge in [-0.1, -0.05) is 12.1 Å².